The number of carbonyl (C=O) groups is 2. The van der Waals surface area contributed by atoms with Crippen LogP contribution in [0.2, 0.25) is 0 Å². The highest BCUT2D eigenvalue weighted by atomic mass is 32.1. The third kappa shape index (κ3) is 5.05. The molecule has 2 saturated heterocycles. The van der Waals surface area contributed by atoms with Gasteiger partial charge in [0, 0.05) is 32.4 Å². The molecule has 1 N–H and O–H groups in total. The maximum Gasteiger partial charge on any atom is 0.246 e. The van der Waals surface area contributed by atoms with E-state index in [9.17, 15) is 9.59 Å². The summed E-state index contributed by atoms with van der Waals surface area (Å²) in [5, 5.41) is 2.79. The number of nitrogens with zero attached hydrogens (tertiary/aromatic N) is 3. The first-order chi connectivity index (χ1) is 11.1. The molecule has 2 aliphatic heterocycles. The van der Waals surface area contributed by atoms with E-state index < -0.39 is 5.92 Å². The maximum absolute atomic E-state index is 12.4. The molecular weight excluding hydrogens is 316 g/mol. The quantitative estimate of drug-likeness (QED) is 0.403. The standard InChI is InChI=1S/C15H24N4O3S/c1-2-3-5-19-14(21)12(13(20)17-15(19)23)11-16-4-6-18-7-9-22-10-8-18/h11-12H,2-10H2,1H3,(H,17,20,23)/t12-/m1/s1. The average molecular weight is 340 g/mol. The minimum atomic E-state index is -0.872. The van der Waals surface area contributed by atoms with Crippen molar-refractivity contribution in [1.29, 1.82) is 0 Å². The van der Waals surface area contributed by atoms with E-state index in [1.807, 2.05) is 6.92 Å². The van der Waals surface area contributed by atoms with Gasteiger partial charge in [0.1, 0.15) is 0 Å². The number of ether oxygens (including phenoxy) is 1. The van der Waals surface area contributed by atoms with Crippen LogP contribution in [0.15, 0.2) is 4.99 Å². The number of carbonyl (C=O) groups excluding carboxylic acids is 2. The zero-order valence-corrected chi connectivity index (χ0v) is 14.3. The lowest BCUT2D eigenvalue weighted by molar-refractivity contribution is -0.137. The highest BCUT2D eigenvalue weighted by molar-refractivity contribution is 7.80. The van der Waals surface area contributed by atoms with Crippen LogP contribution in [0, 0.1) is 5.92 Å². The third-order valence-corrected chi connectivity index (χ3v) is 4.25. The Morgan fingerprint density at radius 3 is 2.78 bits per heavy atom. The lowest BCUT2D eigenvalue weighted by atomic mass is 10.1. The van der Waals surface area contributed by atoms with Gasteiger partial charge in [-0.25, -0.2) is 0 Å². The third-order valence-electron chi connectivity index (χ3n) is 3.93. The van der Waals surface area contributed by atoms with Crippen molar-refractivity contribution in [1.82, 2.24) is 15.1 Å². The summed E-state index contributed by atoms with van der Waals surface area (Å²) in [5.41, 5.74) is 0. The monoisotopic (exact) mass is 340 g/mol. The summed E-state index contributed by atoms with van der Waals surface area (Å²) >= 11 is 5.08. The molecule has 2 rings (SSSR count). The number of morpholine rings is 1. The van der Waals surface area contributed by atoms with Gasteiger partial charge in [-0.1, -0.05) is 13.3 Å². The Morgan fingerprint density at radius 1 is 1.35 bits per heavy atom. The van der Waals surface area contributed by atoms with Crippen LogP contribution in [0.3, 0.4) is 0 Å². The summed E-state index contributed by atoms with van der Waals surface area (Å²) in [4.78, 5) is 32.4. The van der Waals surface area contributed by atoms with Crippen LogP contribution in [0.25, 0.3) is 0 Å². The molecule has 0 bridgehead atoms. The van der Waals surface area contributed by atoms with Gasteiger partial charge in [0.2, 0.25) is 11.8 Å². The number of rotatable bonds is 7. The Labute approximate surface area is 142 Å². The number of nitrogens with one attached hydrogen (secondary N) is 1. The van der Waals surface area contributed by atoms with Gasteiger partial charge in [-0.05, 0) is 18.6 Å². The lowest BCUT2D eigenvalue weighted by Gasteiger charge is -2.30. The van der Waals surface area contributed by atoms with E-state index in [1.54, 1.807) is 0 Å². The molecule has 7 nitrogen and oxygen atoms in total. The maximum atomic E-state index is 12.4. The first-order valence-electron chi connectivity index (χ1n) is 8.09. The summed E-state index contributed by atoms with van der Waals surface area (Å²) < 4.78 is 5.29. The van der Waals surface area contributed by atoms with Crippen molar-refractivity contribution in [2.75, 3.05) is 45.9 Å². The van der Waals surface area contributed by atoms with Crippen LogP contribution in [-0.2, 0) is 14.3 Å². The van der Waals surface area contributed by atoms with Gasteiger partial charge >= 0.3 is 0 Å². The number of aliphatic imine (C=N–C) groups is 1. The predicted molar refractivity (Wildman–Crippen MR) is 91.5 cm³/mol. The van der Waals surface area contributed by atoms with Crippen LogP contribution >= 0.6 is 12.2 Å². The van der Waals surface area contributed by atoms with Crippen LogP contribution < -0.4 is 5.32 Å². The van der Waals surface area contributed by atoms with Crippen molar-refractivity contribution >= 4 is 35.4 Å². The van der Waals surface area contributed by atoms with Crippen LogP contribution in [0.4, 0.5) is 0 Å². The summed E-state index contributed by atoms with van der Waals surface area (Å²) in [5.74, 6) is -1.53. The fourth-order valence-corrected chi connectivity index (χ4v) is 2.78. The Bertz CT molecular complexity index is 477. The number of hydrogen-bond donors (Lipinski definition) is 1. The Balaban J connectivity index is 1.86. The minimum absolute atomic E-state index is 0.200. The van der Waals surface area contributed by atoms with Gasteiger partial charge < -0.3 is 10.1 Å². The van der Waals surface area contributed by atoms with Gasteiger partial charge in [-0.2, -0.15) is 0 Å². The molecule has 128 valence electrons. The Kier molecular flexibility index (Phi) is 7.07. The molecule has 0 aliphatic carbocycles. The molecule has 2 fully saturated rings. The molecule has 0 unspecified atom stereocenters. The molecule has 2 heterocycles. The van der Waals surface area contributed by atoms with E-state index in [-0.39, 0.29) is 16.9 Å². The summed E-state index contributed by atoms with van der Waals surface area (Å²) in [6.45, 7) is 7.24. The lowest BCUT2D eigenvalue weighted by Crippen LogP contribution is -2.58. The zero-order valence-electron chi connectivity index (χ0n) is 13.5. The predicted octanol–water partition coefficient (Wildman–Crippen LogP) is 0.0490. The molecule has 8 heteroatoms. The molecule has 0 aromatic rings. The fraction of sp³-hybridized carbons (Fsp3) is 0.733. The van der Waals surface area contributed by atoms with E-state index in [0.29, 0.717) is 13.1 Å². The largest absolute Gasteiger partial charge is 0.379 e. The van der Waals surface area contributed by atoms with Crippen molar-refractivity contribution in [2.24, 2.45) is 10.9 Å². The second kappa shape index (κ2) is 9.05. The molecular formula is C15H24N4O3S. The highest BCUT2D eigenvalue weighted by Gasteiger charge is 2.36. The first-order valence-corrected chi connectivity index (χ1v) is 8.50. The molecule has 2 aliphatic rings. The van der Waals surface area contributed by atoms with Crippen molar-refractivity contribution in [2.45, 2.75) is 19.8 Å². The topological polar surface area (TPSA) is 74.2 Å². The molecule has 0 radical (unpaired) electrons. The van der Waals surface area contributed by atoms with E-state index in [4.69, 9.17) is 17.0 Å². The van der Waals surface area contributed by atoms with Crippen molar-refractivity contribution in [3.63, 3.8) is 0 Å². The normalized spacial score (nSPS) is 23.6. The molecule has 0 saturated carbocycles. The fourth-order valence-electron chi connectivity index (χ4n) is 2.49. The SMILES string of the molecule is CCCCN1C(=O)[C@H](C=NCCN2CCOCC2)C(=O)NC1=S. The van der Waals surface area contributed by atoms with Crippen molar-refractivity contribution < 1.29 is 14.3 Å². The van der Waals surface area contributed by atoms with E-state index in [1.165, 1.54) is 11.1 Å². The number of unbranched alkanes of at least 4 members (excludes halogenated alkanes) is 1. The van der Waals surface area contributed by atoms with Crippen LogP contribution in [0.5, 0.6) is 0 Å². The molecule has 0 aromatic heterocycles. The molecule has 1 atom stereocenters. The van der Waals surface area contributed by atoms with Crippen molar-refractivity contribution in [3.8, 4) is 0 Å². The average Bonchev–Trinajstić information content (AvgIpc) is 2.54. The Morgan fingerprint density at radius 2 is 2.09 bits per heavy atom. The Hall–Kier alpha value is -1.38. The van der Waals surface area contributed by atoms with Gasteiger partial charge in [0.25, 0.3) is 0 Å². The smallest absolute Gasteiger partial charge is 0.246 e. The number of hydrogen-bond acceptors (Lipinski definition) is 6. The van der Waals surface area contributed by atoms with E-state index in [0.717, 1.165) is 45.7 Å². The molecule has 23 heavy (non-hydrogen) atoms. The van der Waals surface area contributed by atoms with E-state index in [2.05, 4.69) is 15.2 Å². The zero-order chi connectivity index (χ0) is 16.7. The molecule has 2 amide bonds. The van der Waals surface area contributed by atoms with E-state index >= 15 is 0 Å². The summed E-state index contributed by atoms with van der Waals surface area (Å²) in [7, 11) is 0. The van der Waals surface area contributed by atoms with Crippen molar-refractivity contribution in [3.05, 3.63) is 0 Å². The van der Waals surface area contributed by atoms with Gasteiger partial charge in [0.15, 0.2) is 11.0 Å². The second-order valence-corrected chi connectivity index (χ2v) is 6.01. The second-order valence-electron chi connectivity index (χ2n) is 5.62. The number of amides is 2. The minimum Gasteiger partial charge on any atom is -0.379 e. The van der Waals surface area contributed by atoms with Crippen LogP contribution in [-0.4, -0.2) is 78.9 Å². The van der Waals surface area contributed by atoms with Gasteiger partial charge in [0.05, 0.1) is 19.8 Å². The summed E-state index contributed by atoms with van der Waals surface area (Å²) in [6, 6.07) is 0. The summed E-state index contributed by atoms with van der Waals surface area (Å²) in [6.07, 6.45) is 3.26. The molecule has 0 aromatic carbocycles. The number of thiocarbonyl (C=S) groups is 1. The van der Waals surface area contributed by atoms with Gasteiger partial charge in [-0.3, -0.25) is 24.4 Å². The van der Waals surface area contributed by atoms with Gasteiger partial charge in [-0.15, -0.1) is 0 Å². The molecule has 0 spiro atoms. The van der Waals surface area contributed by atoms with Crippen LogP contribution in [0.1, 0.15) is 19.8 Å². The highest BCUT2D eigenvalue weighted by Crippen LogP contribution is 2.10. The first kappa shape index (κ1) is 18.0.